The first-order valence-corrected chi connectivity index (χ1v) is 13.0. The lowest BCUT2D eigenvalue weighted by molar-refractivity contribution is -0.274. The second-order valence-corrected chi connectivity index (χ2v) is 9.41. The molecule has 5 rings (SSSR count). The van der Waals surface area contributed by atoms with Gasteiger partial charge in [0.2, 0.25) is 0 Å². The first-order chi connectivity index (χ1) is 18.9. The van der Waals surface area contributed by atoms with Crippen molar-refractivity contribution in [3.05, 3.63) is 72.1 Å². The van der Waals surface area contributed by atoms with Gasteiger partial charge in [-0.3, -0.25) is 4.99 Å². The summed E-state index contributed by atoms with van der Waals surface area (Å²) in [5, 5.41) is 6.32. The summed E-state index contributed by atoms with van der Waals surface area (Å²) < 4.78 is 42.9. The molecule has 3 heterocycles. The van der Waals surface area contributed by atoms with Crippen molar-refractivity contribution in [1.82, 2.24) is 15.2 Å². The zero-order valence-electron chi connectivity index (χ0n) is 21.4. The monoisotopic (exact) mass is 537 g/mol. The Balaban J connectivity index is 1.49. The Morgan fingerprint density at radius 1 is 1.08 bits per heavy atom. The Morgan fingerprint density at radius 2 is 1.90 bits per heavy atom. The van der Waals surface area contributed by atoms with Crippen molar-refractivity contribution in [2.75, 3.05) is 38.0 Å². The van der Waals surface area contributed by atoms with Crippen LogP contribution in [0.3, 0.4) is 0 Å². The van der Waals surface area contributed by atoms with Gasteiger partial charge in [-0.15, -0.1) is 13.2 Å². The van der Waals surface area contributed by atoms with E-state index in [1.54, 1.807) is 30.6 Å². The van der Waals surface area contributed by atoms with Gasteiger partial charge in [0.05, 0.1) is 12.2 Å². The van der Waals surface area contributed by atoms with Crippen LogP contribution in [-0.4, -0.2) is 66.9 Å². The number of para-hydroxylation sites is 2. The average Bonchev–Trinajstić information content (AvgIpc) is 2.93. The molecule has 3 aliphatic rings. The lowest BCUT2D eigenvalue weighted by atomic mass is 9.79. The van der Waals surface area contributed by atoms with Gasteiger partial charge >= 0.3 is 6.36 Å². The Bertz CT molecular complexity index is 1310. The fourth-order valence-electron chi connectivity index (χ4n) is 4.46. The Morgan fingerprint density at radius 3 is 2.67 bits per heavy atom. The van der Waals surface area contributed by atoms with Crippen molar-refractivity contribution in [2.45, 2.75) is 25.6 Å². The molecule has 1 saturated heterocycles. The number of allylic oxidation sites excluding steroid dienone is 1. The summed E-state index contributed by atoms with van der Waals surface area (Å²) >= 11 is 0. The number of hydrogen-bond acceptors (Lipinski definition) is 8. The van der Waals surface area contributed by atoms with E-state index in [0.29, 0.717) is 29.7 Å². The number of nitrogens with zero attached hydrogens (tertiary/aromatic N) is 5. The number of amidine groups is 2. The number of aliphatic imine (C=N–C) groups is 3. The zero-order chi connectivity index (χ0) is 27.1. The number of halogens is 3. The molecule has 0 bridgehead atoms. The molecule has 2 fully saturated rings. The molecule has 8 nitrogen and oxygen atoms in total. The Kier molecular flexibility index (Phi) is 8.36. The second kappa shape index (κ2) is 12.2. The molecule has 2 N–H and O–H groups in total. The number of anilines is 2. The van der Waals surface area contributed by atoms with E-state index in [-0.39, 0.29) is 11.4 Å². The molecule has 0 unspecified atom stereocenters. The number of benzene rings is 1. The van der Waals surface area contributed by atoms with Crippen LogP contribution in [-0.2, 0) is 0 Å². The minimum Gasteiger partial charge on any atom is -0.404 e. The maximum atomic E-state index is 12.9. The van der Waals surface area contributed by atoms with Gasteiger partial charge in [0.25, 0.3) is 0 Å². The summed E-state index contributed by atoms with van der Waals surface area (Å²) in [6, 6.07) is 9.32. The van der Waals surface area contributed by atoms with Crippen LogP contribution in [0.2, 0.25) is 0 Å². The predicted molar refractivity (Wildman–Crippen MR) is 147 cm³/mol. The van der Waals surface area contributed by atoms with Gasteiger partial charge in [0.1, 0.15) is 11.7 Å². The zero-order valence-corrected chi connectivity index (χ0v) is 21.4. The van der Waals surface area contributed by atoms with Crippen molar-refractivity contribution in [3.8, 4) is 5.75 Å². The number of nitrogens with one attached hydrogen (secondary N) is 2. The molecule has 2 aliphatic heterocycles. The fourth-order valence-corrected chi connectivity index (χ4v) is 4.46. The third-order valence-corrected chi connectivity index (χ3v) is 6.68. The van der Waals surface area contributed by atoms with Gasteiger partial charge in [-0.2, -0.15) is 0 Å². The van der Waals surface area contributed by atoms with E-state index in [2.05, 4.69) is 41.3 Å². The molecule has 0 radical (unpaired) electrons. The van der Waals surface area contributed by atoms with Crippen molar-refractivity contribution in [3.63, 3.8) is 0 Å². The molecule has 2 aromatic rings. The van der Waals surface area contributed by atoms with Crippen molar-refractivity contribution in [1.29, 1.82) is 0 Å². The Labute approximate surface area is 225 Å². The molecule has 1 aromatic carbocycles. The number of rotatable bonds is 5. The largest absolute Gasteiger partial charge is 0.573 e. The quantitative estimate of drug-likeness (QED) is 0.555. The van der Waals surface area contributed by atoms with Gasteiger partial charge in [-0.05, 0) is 60.8 Å². The van der Waals surface area contributed by atoms with Crippen LogP contribution in [0.4, 0.5) is 24.7 Å². The highest BCUT2D eigenvalue weighted by Gasteiger charge is 2.32. The van der Waals surface area contributed by atoms with Crippen LogP contribution in [0.25, 0.3) is 0 Å². The number of ether oxygens (including phenoxy) is 1. The number of aromatic nitrogens is 1. The number of piperazine rings is 1. The number of alkyl halides is 3. The van der Waals surface area contributed by atoms with Gasteiger partial charge in [-0.1, -0.05) is 18.6 Å². The van der Waals surface area contributed by atoms with E-state index in [9.17, 15) is 13.2 Å². The maximum absolute atomic E-state index is 12.9. The van der Waals surface area contributed by atoms with Gasteiger partial charge in [-0.25, -0.2) is 15.0 Å². The molecule has 11 heteroatoms. The van der Waals surface area contributed by atoms with E-state index in [4.69, 9.17) is 4.99 Å². The van der Waals surface area contributed by atoms with Crippen LogP contribution in [0.5, 0.6) is 5.75 Å². The molecule has 1 saturated carbocycles. The summed E-state index contributed by atoms with van der Waals surface area (Å²) in [6.07, 6.45) is 7.90. The summed E-state index contributed by atoms with van der Waals surface area (Å²) in [7, 11) is 0. The summed E-state index contributed by atoms with van der Waals surface area (Å²) in [5.41, 5.74) is 1.98. The number of pyridine rings is 1. The molecule has 39 heavy (non-hydrogen) atoms. The van der Waals surface area contributed by atoms with E-state index < -0.39 is 6.36 Å². The number of hydrogen-bond donors (Lipinski definition) is 2. The van der Waals surface area contributed by atoms with Crippen LogP contribution in [0.15, 0.2) is 81.5 Å². The van der Waals surface area contributed by atoms with Crippen molar-refractivity contribution in [2.24, 2.45) is 20.9 Å². The minimum absolute atomic E-state index is 0.138. The molecule has 0 atom stereocenters. The lowest BCUT2D eigenvalue weighted by Crippen LogP contribution is -2.46. The van der Waals surface area contributed by atoms with Crippen molar-refractivity contribution < 1.29 is 17.9 Å². The average molecular weight is 538 g/mol. The van der Waals surface area contributed by atoms with E-state index >= 15 is 0 Å². The highest BCUT2D eigenvalue weighted by molar-refractivity contribution is 6.11. The van der Waals surface area contributed by atoms with Gasteiger partial charge in [0.15, 0.2) is 11.6 Å². The molecule has 0 amide bonds. The molecular weight excluding hydrogens is 507 g/mol. The first-order valence-electron chi connectivity index (χ1n) is 13.0. The van der Waals surface area contributed by atoms with E-state index in [0.717, 1.165) is 44.9 Å². The summed E-state index contributed by atoms with van der Waals surface area (Å²) in [4.78, 5) is 20.8. The predicted octanol–water partition coefficient (Wildman–Crippen LogP) is 5.10. The molecular formula is C28H30F3N7O. The van der Waals surface area contributed by atoms with Gasteiger partial charge in [0, 0.05) is 50.4 Å². The van der Waals surface area contributed by atoms with Crippen molar-refractivity contribution >= 4 is 29.4 Å². The highest BCUT2D eigenvalue weighted by Crippen LogP contribution is 2.33. The van der Waals surface area contributed by atoms with Crippen LogP contribution in [0, 0.1) is 5.92 Å². The fraction of sp³-hybridized carbons (Fsp3) is 0.357. The first kappa shape index (κ1) is 26.6. The third-order valence-electron chi connectivity index (χ3n) is 6.68. The molecule has 0 spiro atoms. The van der Waals surface area contributed by atoms with Crippen LogP contribution in [0.1, 0.15) is 24.8 Å². The summed E-state index contributed by atoms with van der Waals surface area (Å²) in [6.45, 7) is 3.84. The van der Waals surface area contributed by atoms with Crippen LogP contribution >= 0.6 is 0 Å². The smallest absolute Gasteiger partial charge is 0.404 e. The topological polar surface area (TPSA) is 86.5 Å². The second-order valence-electron chi connectivity index (χ2n) is 9.41. The van der Waals surface area contributed by atoms with Gasteiger partial charge < -0.3 is 20.3 Å². The van der Waals surface area contributed by atoms with E-state index in [1.165, 1.54) is 30.2 Å². The Hall–Kier alpha value is -3.99. The molecule has 204 valence electrons. The normalized spacial score (nSPS) is 21.0. The lowest BCUT2D eigenvalue weighted by Gasteiger charge is -2.31. The van der Waals surface area contributed by atoms with E-state index in [1.807, 2.05) is 12.3 Å². The highest BCUT2D eigenvalue weighted by atomic mass is 19.4. The standard InChI is InChI=1S/C28H30F3N7O/c29-28(30,31)39-24-8-2-1-7-23(24)36-25-17-21(9-12-34-25)27-35-11-4-10-33-19-22(20-5-3-6-20)18-26(37-27)38-15-13-32-14-16-38/h1-2,4,7-9,11-12,17-20,32H,3,5-6,10,13-16H2,(H,34,36)/b11-4+,22-18-,33-19?,35-27?,37-26?. The molecule has 1 aliphatic carbocycles. The summed E-state index contributed by atoms with van der Waals surface area (Å²) in [5.74, 6) is 1.74. The van der Waals surface area contributed by atoms with Crippen LogP contribution < -0.4 is 15.4 Å². The maximum Gasteiger partial charge on any atom is 0.573 e. The minimum atomic E-state index is -4.81. The molecule has 1 aromatic heterocycles. The third kappa shape index (κ3) is 7.32. The SMILES string of the molecule is FC(F)(F)Oc1ccccc1Nc1cc(C2=N/C=C/CN=C/C(C3CCC3)=C/C(N3CCNCC3)=N2)ccn1.